The van der Waals surface area contributed by atoms with Gasteiger partial charge in [-0.3, -0.25) is 0 Å². The summed E-state index contributed by atoms with van der Waals surface area (Å²) in [6.45, 7) is 3.62. The Morgan fingerprint density at radius 1 is 1.12 bits per heavy atom. The van der Waals surface area contributed by atoms with Gasteiger partial charge in [0.15, 0.2) is 5.84 Å². The van der Waals surface area contributed by atoms with E-state index in [1.807, 2.05) is 30.3 Å². The summed E-state index contributed by atoms with van der Waals surface area (Å²) in [6, 6.07) is 18.2. The van der Waals surface area contributed by atoms with Crippen molar-refractivity contribution < 1.29 is 5.21 Å². The third kappa shape index (κ3) is 5.68. The van der Waals surface area contributed by atoms with Gasteiger partial charge < -0.3 is 21.2 Å². The van der Waals surface area contributed by atoms with Crippen LogP contribution in [0.1, 0.15) is 23.1 Å². The summed E-state index contributed by atoms with van der Waals surface area (Å²) in [5.74, 6) is 0.148. The summed E-state index contributed by atoms with van der Waals surface area (Å²) in [5, 5.41) is 15.3. The normalized spacial score (nSPS) is 11.8. The zero-order chi connectivity index (χ0) is 17.2. The Morgan fingerprint density at radius 3 is 2.58 bits per heavy atom. The topological polar surface area (TPSA) is 73.9 Å². The highest BCUT2D eigenvalue weighted by Gasteiger charge is 2.05. The lowest BCUT2D eigenvalue weighted by molar-refractivity contribution is 0.318. The SMILES string of the molecule is CN(CCCNCc1ccccc1/C(N)=N/O)Cc1ccccc1. The van der Waals surface area contributed by atoms with Crippen LogP contribution in [0.2, 0.25) is 0 Å². The number of nitrogens with zero attached hydrogens (tertiary/aromatic N) is 2. The lowest BCUT2D eigenvalue weighted by Crippen LogP contribution is -2.24. The molecule has 5 heteroatoms. The molecule has 0 heterocycles. The highest BCUT2D eigenvalue weighted by atomic mass is 16.4. The third-order valence-electron chi connectivity index (χ3n) is 3.91. The van der Waals surface area contributed by atoms with Gasteiger partial charge in [-0.25, -0.2) is 0 Å². The van der Waals surface area contributed by atoms with Crippen LogP contribution in [0.4, 0.5) is 0 Å². The van der Waals surface area contributed by atoms with Crippen molar-refractivity contribution in [2.24, 2.45) is 10.9 Å². The quantitative estimate of drug-likeness (QED) is 0.217. The van der Waals surface area contributed by atoms with E-state index in [1.165, 1.54) is 5.56 Å². The first-order valence-electron chi connectivity index (χ1n) is 8.19. The lowest BCUT2D eigenvalue weighted by Gasteiger charge is -2.17. The Balaban J connectivity index is 1.70. The van der Waals surface area contributed by atoms with Crippen LogP contribution in [0.15, 0.2) is 59.8 Å². The first kappa shape index (κ1) is 18.0. The molecule has 2 aromatic carbocycles. The van der Waals surface area contributed by atoms with E-state index in [0.29, 0.717) is 6.54 Å². The molecule has 2 aromatic rings. The number of nitrogens with two attached hydrogens (primary N) is 1. The van der Waals surface area contributed by atoms with Gasteiger partial charge in [0.05, 0.1) is 0 Å². The molecule has 128 valence electrons. The molecule has 5 nitrogen and oxygen atoms in total. The van der Waals surface area contributed by atoms with E-state index in [2.05, 4.69) is 46.7 Å². The van der Waals surface area contributed by atoms with Crippen LogP contribution in [0, 0.1) is 0 Å². The highest BCUT2D eigenvalue weighted by Crippen LogP contribution is 2.08. The second-order valence-corrected chi connectivity index (χ2v) is 5.90. The number of oxime groups is 1. The van der Waals surface area contributed by atoms with E-state index in [1.54, 1.807) is 0 Å². The first-order chi connectivity index (χ1) is 11.7. The minimum Gasteiger partial charge on any atom is -0.409 e. The standard InChI is InChI=1S/C19H26N4O/c1-23(15-16-8-3-2-4-9-16)13-7-12-21-14-17-10-5-6-11-18(17)19(20)22-24/h2-6,8-11,21,24H,7,12-15H2,1H3,(H2,20,22). The fourth-order valence-corrected chi connectivity index (χ4v) is 2.65. The van der Waals surface area contributed by atoms with E-state index >= 15 is 0 Å². The summed E-state index contributed by atoms with van der Waals surface area (Å²) < 4.78 is 0. The average Bonchev–Trinajstić information content (AvgIpc) is 2.62. The predicted molar refractivity (Wildman–Crippen MR) is 98.1 cm³/mol. The molecule has 24 heavy (non-hydrogen) atoms. The minimum atomic E-state index is 0.148. The van der Waals surface area contributed by atoms with Crippen molar-refractivity contribution >= 4 is 5.84 Å². The second kappa shape index (κ2) is 9.70. The molecule has 0 atom stereocenters. The fraction of sp³-hybridized carbons (Fsp3) is 0.316. The summed E-state index contributed by atoms with van der Waals surface area (Å²) in [7, 11) is 2.14. The summed E-state index contributed by atoms with van der Waals surface area (Å²) in [5.41, 5.74) is 8.84. The predicted octanol–water partition coefficient (Wildman–Crippen LogP) is 2.39. The van der Waals surface area contributed by atoms with E-state index < -0.39 is 0 Å². The third-order valence-corrected chi connectivity index (χ3v) is 3.91. The largest absolute Gasteiger partial charge is 0.409 e. The smallest absolute Gasteiger partial charge is 0.170 e. The zero-order valence-electron chi connectivity index (χ0n) is 14.2. The van der Waals surface area contributed by atoms with Crippen molar-refractivity contribution in [3.63, 3.8) is 0 Å². The van der Waals surface area contributed by atoms with Crippen LogP contribution in [0.5, 0.6) is 0 Å². The van der Waals surface area contributed by atoms with Gasteiger partial charge in [0.1, 0.15) is 0 Å². The zero-order valence-corrected chi connectivity index (χ0v) is 14.2. The molecule has 0 spiro atoms. The number of amidine groups is 1. The maximum absolute atomic E-state index is 8.84. The van der Waals surface area contributed by atoms with Gasteiger partial charge in [0, 0.05) is 18.7 Å². The van der Waals surface area contributed by atoms with Crippen molar-refractivity contribution in [2.75, 3.05) is 20.1 Å². The van der Waals surface area contributed by atoms with Crippen molar-refractivity contribution in [2.45, 2.75) is 19.5 Å². The maximum Gasteiger partial charge on any atom is 0.170 e. The molecule has 0 aromatic heterocycles. The van der Waals surface area contributed by atoms with Crippen LogP contribution in [0.3, 0.4) is 0 Å². The van der Waals surface area contributed by atoms with Crippen molar-refractivity contribution in [1.82, 2.24) is 10.2 Å². The van der Waals surface area contributed by atoms with E-state index in [9.17, 15) is 0 Å². The van der Waals surface area contributed by atoms with Crippen LogP contribution < -0.4 is 11.1 Å². The molecule has 0 saturated carbocycles. The molecule has 2 rings (SSSR count). The number of benzene rings is 2. The van der Waals surface area contributed by atoms with Crippen LogP contribution in [-0.4, -0.2) is 36.1 Å². The molecular formula is C19H26N4O. The minimum absolute atomic E-state index is 0.148. The van der Waals surface area contributed by atoms with Gasteiger partial charge in [-0.2, -0.15) is 0 Å². The van der Waals surface area contributed by atoms with Gasteiger partial charge in [-0.05, 0) is 37.7 Å². The van der Waals surface area contributed by atoms with E-state index in [4.69, 9.17) is 10.9 Å². The van der Waals surface area contributed by atoms with Crippen molar-refractivity contribution in [3.05, 3.63) is 71.3 Å². The summed E-state index contributed by atoms with van der Waals surface area (Å²) >= 11 is 0. The summed E-state index contributed by atoms with van der Waals surface area (Å²) in [4.78, 5) is 2.32. The second-order valence-electron chi connectivity index (χ2n) is 5.90. The summed E-state index contributed by atoms with van der Waals surface area (Å²) in [6.07, 6.45) is 1.06. The molecule has 0 saturated heterocycles. The molecule has 0 aliphatic heterocycles. The van der Waals surface area contributed by atoms with Gasteiger partial charge in [-0.1, -0.05) is 59.8 Å². The van der Waals surface area contributed by atoms with Gasteiger partial charge in [-0.15, -0.1) is 0 Å². The molecule has 0 unspecified atom stereocenters. The van der Waals surface area contributed by atoms with E-state index in [-0.39, 0.29) is 5.84 Å². The maximum atomic E-state index is 8.84. The molecular weight excluding hydrogens is 300 g/mol. The van der Waals surface area contributed by atoms with Crippen LogP contribution >= 0.6 is 0 Å². The number of hydrogen-bond donors (Lipinski definition) is 3. The van der Waals surface area contributed by atoms with E-state index in [0.717, 1.165) is 37.2 Å². The van der Waals surface area contributed by atoms with Crippen LogP contribution in [0.25, 0.3) is 0 Å². The Hall–Kier alpha value is -2.37. The Kier molecular flexibility index (Phi) is 7.26. The van der Waals surface area contributed by atoms with Crippen molar-refractivity contribution in [3.8, 4) is 0 Å². The van der Waals surface area contributed by atoms with Gasteiger partial charge in [0.2, 0.25) is 0 Å². The molecule has 0 amide bonds. The highest BCUT2D eigenvalue weighted by molar-refractivity contribution is 5.98. The Morgan fingerprint density at radius 2 is 1.83 bits per heavy atom. The van der Waals surface area contributed by atoms with Crippen molar-refractivity contribution in [1.29, 1.82) is 0 Å². The number of rotatable bonds is 9. The Bertz CT molecular complexity index is 643. The molecule has 0 fully saturated rings. The average molecular weight is 326 g/mol. The number of hydrogen-bond acceptors (Lipinski definition) is 4. The number of nitrogens with one attached hydrogen (secondary N) is 1. The molecule has 0 aliphatic rings. The first-order valence-corrected chi connectivity index (χ1v) is 8.19. The molecule has 4 N–H and O–H groups in total. The molecule has 0 radical (unpaired) electrons. The monoisotopic (exact) mass is 326 g/mol. The van der Waals surface area contributed by atoms with Gasteiger partial charge in [0.25, 0.3) is 0 Å². The fourth-order valence-electron chi connectivity index (χ4n) is 2.65. The van der Waals surface area contributed by atoms with Gasteiger partial charge >= 0.3 is 0 Å². The Labute approximate surface area is 143 Å². The van der Waals surface area contributed by atoms with Crippen LogP contribution in [-0.2, 0) is 13.1 Å². The molecule has 0 aliphatic carbocycles. The lowest BCUT2D eigenvalue weighted by atomic mass is 10.1. The molecule has 0 bridgehead atoms.